The van der Waals surface area contributed by atoms with E-state index in [1.807, 2.05) is 32.0 Å². The predicted molar refractivity (Wildman–Crippen MR) is 125 cm³/mol. The molecule has 0 N–H and O–H groups in total. The van der Waals surface area contributed by atoms with Crippen LogP contribution in [0.5, 0.6) is 0 Å². The van der Waals surface area contributed by atoms with Gasteiger partial charge in [0.25, 0.3) is 5.91 Å². The molecule has 2 aromatic carbocycles. The normalized spacial score (nSPS) is 18.3. The smallest absolute Gasteiger partial charge is 0.255 e. The Hall–Kier alpha value is -2.55. The minimum Gasteiger partial charge on any atom is -0.379 e. The van der Waals surface area contributed by atoms with Gasteiger partial charge in [-0.15, -0.1) is 0 Å². The fourth-order valence-corrected chi connectivity index (χ4v) is 6.21. The zero-order chi connectivity index (χ0) is 23.6. The van der Waals surface area contributed by atoms with Gasteiger partial charge >= 0.3 is 0 Å². The summed E-state index contributed by atoms with van der Waals surface area (Å²) in [5, 5.41) is 0. The van der Waals surface area contributed by atoms with Gasteiger partial charge in [-0.3, -0.25) is 9.59 Å². The number of nitrogens with zero attached hydrogens (tertiary/aromatic N) is 2. The number of amides is 1. The van der Waals surface area contributed by atoms with E-state index in [0.717, 1.165) is 16.7 Å². The van der Waals surface area contributed by atoms with E-state index in [1.54, 1.807) is 23.1 Å². The van der Waals surface area contributed by atoms with Gasteiger partial charge in [0.15, 0.2) is 5.78 Å². The van der Waals surface area contributed by atoms with Crippen LogP contribution < -0.4 is 0 Å². The Morgan fingerprint density at radius 1 is 0.909 bits per heavy atom. The van der Waals surface area contributed by atoms with Crippen LogP contribution in [0.3, 0.4) is 0 Å². The summed E-state index contributed by atoms with van der Waals surface area (Å²) in [6.45, 7) is 6.04. The average molecular weight is 471 g/mol. The Kier molecular flexibility index (Phi) is 6.97. The number of rotatable bonds is 5. The van der Waals surface area contributed by atoms with Crippen molar-refractivity contribution in [1.29, 1.82) is 0 Å². The topological polar surface area (TPSA) is 84.0 Å². The van der Waals surface area contributed by atoms with E-state index in [1.165, 1.54) is 10.4 Å². The Balaban J connectivity index is 1.48. The molecule has 0 bridgehead atoms. The quantitative estimate of drug-likeness (QED) is 0.627. The van der Waals surface area contributed by atoms with Crippen molar-refractivity contribution in [3.63, 3.8) is 0 Å². The van der Waals surface area contributed by atoms with Crippen molar-refractivity contribution in [2.75, 3.05) is 39.4 Å². The molecule has 7 nitrogen and oxygen atoms in total. The molecule has 4 rings (SSSR count). The maximum Gasteiger partial charge on any atom is 0.255 e. The fourth-order valence-electron chi connectivity index (χ4n) is 4.62. The van der Waals surface area contributed by atoms with Crippen molar-refractivity contribution in [2.45, 2.75) is 31.6 Å². The number of carbonyl (C=O) groups excluding carboxylic acids is 2. The van der Waals surface area contributed by atoms with Gasteiger partial charge in [-0.25, -0.2) is 8.42 Å². The third-order valence-electron chi connectivity index (χ3n) is 6.51. The van der Waals surface area contributed by atoms with E-state index >= 15 is 0 Å². The number of morpholine rings is 1. The summed E-state index contributed by atoms with van der Waals surface area (Å²) in [5.41, 5.74) is 3.02. The minimum absolute atomic E-state index is 0.0328. The third-order valence-corrected chi connectivity index (χ3v) is 8.46. The number of carbonyl (C=O) groups is 2. The number of ketones is 1. The standard InChI is InChI=1S/C25H30N2O5S/c1-18-7-8-21(19(2)17-18)24(28)20-9-11-26(12-10-20)25(29)22-5-3-4-6-23(22)33(30,31)27-13-15-32-16-14-27/h3-8,17,20H,9-16H2,1-2H3. The van der Waals surface area contributed by atoms with E-state index in [2.05, 4.69) is 0 Å². The van der Waals surface area contributed by atoms with Crippen LogP contribution in [-0.2, 0) is 14.8 Å². The van der Waals surface area contributed by atoms with Crippen LogP contribution in [0.15, 0.2) is 47.4 Å². The van der Waals surface area contributed by atoms with Crippen molar-refractivity contribution < 1.29 is 22.7 Å². The summed E-state index contributed by atoms with van der Waals surface area (Å²) in [7, 11) is -3.79. The highest BCUT2D eigenvalue weighted by Crippen LogP contribution is 2.27. The first-order valence-corrected chi connectivity index (χ1v) is 12.8. The molecule has 0 atom stereocenters. The summed E-state index contributed by atoms with van der Waals surface area (Å²) >= 11 is 0. The van der Waals surface area contributed by atoms with Crippen molar-refractivity contribution in [3.8, 4) is 0 Å². The second-order valence-corrected chi connectivity index (χ2v) is 10.7. The largest absolute Gasteiger partial charge is 0.379 e. The molecule has 0 saturated carbocycles. The molecule has 2 saturated heterocycles. The monoisotopic (exact) mass is 470 g/mol. The van der Waals surface area contributed by atoms with Crippen LogP contribution in [-0.4, -0.2) is 68.7 Å². The van der Waals surface area contributed by atoms with Gasteiger partial charge in [-0.1, -0.05) is 35.9 Å². The molecular weight excluding hydrogens is 440 g/mol. The number of Topliss-reactive ketones (excluding diaryl/α,β-unsaturated/α-hetero) is 1. The SMILES string of the molecule is Cc1ccc(C(=O)C2CCN(C(=O)c3ccccc3S(=O)(=O)N3CCOCC3)CC2)c(C)c1. The average Bonchev–Trinajstić information content (AvgIpc) is 2.84. The highest BCUT2D eigenvalue weighted by Gasteiger charge is 2.33. The first-order chi connectivity index (χ1) is 15.8. The minimum atomic E-state index is -3.79. The van der Waals surface area contributed by atoms with Crippen LogP contribution in [0.4, 0.5) is 0 Å². The number of likely N-dealkylation sites (tertiary alicyclic amines) is 1. The van der Waals surface area contributed by atoms with E-state index in [-0.39, 0.29) is 41.2 Å². The summed E-state index contributed by atoms with van der Waals surface area (Å²) in [6.07, 6.45) is 1.13. The van der Waals surface area contributed by atoms with E-state index in [4.69, 9.17) is 4.74 Å². The molecule has 2 aliphatic rings. The van der Waals surface area contributed by atoms with Gasteiger partial charge in [0.05, 0.1) is 23.7 Å². The molecule has 2 aliphatic heterocycles. The third kappa shape index (κ3) is 4.88. The lowest BCUT2D eigenvalue weighted by molar-refractivity contribution is 0.0645. The molecule has 2 heterocycles. The lowest BCUT2D eigenvalue weighted by atomic mass is 9.87. The van der Waals surface area contributed by atoms with Gasteiger partial charge in [0.1, 0.15) is 0 Å². The summed E-state index contributed by atoms with van der Waals surface area (Å²) < 4.78 is 33.1. The van der Waals surface area contributed by atoms with E-state index in [9.17, 15) is 18.0 Å². The fraction of sp³-hybridized carbons (Fsp3) is 0.440. The molecule has 0 aromatic heterocycles. The molecule has 2 aromatic rings. The number of piperidine rings is 1. The summed E-state index contributed by atoms with van der Waals surface area (Å²) in [5.74, 6) is -0.322. The van der Waals surface area contributed by atoms with Crippen LogP contribution in [0.1, 0.15) is 44.7 Å². The molecule has 1 amide bonds. The number of aryl methyl sites for hydroxylation is 2. The second kappa shape index (κ2) is 9.75. The molecule has 0 unspecified atom stereocenters. The van der Waals surface area contributed by atoms with Crippen LogP contribution in [0.2, 0.25) is 0 Å². The number of hydrogen-bond acceptors (Lipinski definition) is 5. The Labute approximate surface area is 195 Å². The van der Waals surface area contributed by atoms with Crippen LogP contribution >= 0.6 is 0 Å². The number of hydrogen-bond donors (Lipinski definition) is 0. The number of benzene rings is 2. The highest BCUT2D eigenvalue weighted by atomic mass is 32.2. The number of sulfonamides is 1. The zero-order valence-corrected chi connectivity index (χ0v) is 19.9. The van der Waals surface area contributed by atoms with Crippen molar-refractivity contribution in [2.24, 2.45) is 5.92 Å². The predicted octanol–water partition coefficient (Wildman–Crippen LogP) is 3.06. The lowest BCUT2D eigenvalue weighted by Gasteiger charge is -2.32. The van der Waals surface area contributed by atoms with E-state index in [0.29, 0.717) is 39.1 Å². The Bertz CT molecular complexity index is 1150. The van der Waals surface area contributed by atoms with Crippen molar-refractivity contribution in [3.05, 3.63) is 64.7 Å². The first kappa shape index (κ1) is 23.6. The number of ether oxygens (including phenoxy) is 1. The van der Waals surface area contributed by atoms with Gasteiger partial charge in [0, 0.05) is 37.7 Å². The molecule has 2 fully saturated rings. The molecule has 0 radical (unpaired) electrons. The highest BCUT2D eigenvalue weighted by molar-refractivity contribution is 7.89. The second-order valence-electron chi connectivity index (χ2n) is 8.76. The van der Waals surface area contributed by atoms with Crippen molar-refractivity contribution >= 4 is 21.7 Å². The molecule has 176 valence electrons. The van der Waals surface area contributed by atoms with E-state index < -0.39 is 10.0 Å². The zero-order valence-electron chi connectivity index (χ0n) is 19.1. The molecule has 0 aliphatic carbocycles. The Morgan fingerprint density at radius 3 is 2.24 bits per heavy atom. The lowest BCUT2D eigenvalue weighted by Crippen LogP contribution is -2.43. The van der Waals surface area contributed by atoms with Crippen LogP contribution in [0, 0.1) is 19.8 Å². The maximum atomic E-state index is 13.3. The maximum absolute atomic E-state index is 13.3. The van der Waals surface area contributed by atoms with Crippen LogP contribution in [0.25, 0.3) is 0 Å². The molecular formula is C25H30N2O5S. The first-order valence-electron chi connectivity index (χ1n) is 11.4. The Morgan fingerprint density at radius 2 is 1.58 bits per heavy atom. The van der Waals surface area contributed by atoms with Crippen molar-refractivity contribution in [1.82, 2.24) is 9.21 Å². The summed E-state index contributed by atoms with van der Waals surface area (Å²) in [6, 6.07) is 12.2. The summed E-state index contributed by atoms with van der Waals surface area (Å²) in [4.78, 5) is 28.1. The van der Waals surface area contributed by atoms with Gasteiger partial charge < -0.3 is 9.64 Å². The molecule has 8 heteroatoms. The van der Waals surface area contributed by atoms with Gasteiger partial charge in [-0.05, 0) is 44.4 Å². The molecule has 33 heavy (non-hydrogen) atoms. The van der Waals surface area contributed by atoms with Gasteiger partial charge in [-0.2, -0.15) is 4.31 Å². The van der Waals surface area contributed by atoms with Gasteiger partial charge in [0.2, 0.25) is 10.0 Å². The molecule has 0 spiro atoms.